The highest BCUT2D eigenvalue weighted by Crippen LogP contribution is 2.27. The molecule has 0 amide bonds. The van der Waals surface area contributed by atoms with Crippen molar-refractivity contribution in [1.29, 1.82) is 0 Å². The topological polar surface area (TPSA) is 29.3 Å². The predicted molar refractivity (Wildman–Crippen MR) is 67.2 cm³/mol. The second-order valence-electron chi connectivity index (χ2n) is 4.21. The third kappa shape index (κ3) is 3.33. The van der Waals surface area contributed by atoms with Crippen LogP contribution in [0, 0.1) is 11.6 Å². The standard InChI is InChI=1S/C12H16F2N2S/c13-10-7-9(15)8-11(14)12(10)17-6-5-16-3-1-2-4-16/h7-8H,1-6,15H2. The Hall–Kier alpha value is -0.810. The summed E-state index contributed by atoms with van der Waals surface area (Å²) in [4.78, 5) is 2.40. The number of hydrogen-bond acceptors (Lipinski definition) is 3. The van der Waals surface area contributed by atoms with Gasteiger partial charge in [0, 0.05) is 18.0 Å². The van der Waals surface area contributed by atoms with Crippen molar-refractivity contribution in [3.63, 3.8) is 0 Å². The van der Waals surface area contributed by atoms with Crippen LogP contribution in [0.5, 0.6) is 0 Å². The molecule has 1 fully saturated rings. The largest absolute Gasteiger partial charge is 0.399 e. The van der Waals surface area contributed by atoms with Crippen LogP contribution in [-0.2, 0) is 0 Å². The molecule has 1 aromatic rings. The molecule has 2 nitrogen and oxygen atoms in total. The number of halogens is 2. The Labute approximate surface area is 104 Å². The third-order valence-electron chi connectivity index (χ3n) is 2.87. The van der Waals surface area contributed by atoms with Gasteiger partial charge in [-0.05, 0) is 38.1 Å². The minimum Gasteiger partial charge on any atom is -0.399 e. The van der Waals surface area contributed by atoms with E-state index in [0.29, 0.717) is 5.75 Å². The van der Waals surface area contributed by atoms with Gasteiger partial charge in [-0.15, -0.1) is 11.8 Å². The zero-order valence-corrected chi connectivity index (χ0v) is 10.4. The van der Waals surface area contributed by atoms with Crippen LogP contribution in [-0.4, -0.2) is 30.3 Å². The van der Waals surface area contributed by atoms with Crippen LogP contribution in [0.15, 0.2) is 17.0 Å². The quantitative estimate of drug-likeness (QED) is 0.665. The maximum atomic E-state index is 13.5. The van der Waals surface area contributed by atoms with Gasteiger partial charge in [0.15, 0.2) is 0 Å². The first-order chi connectivity index (χ1) is 8.16. The van der Waals surface area contributed by atoms with E-state index < -0.39 is 11.6 Å². The van der Waals surface area contributed by atoms with Crippen molar-refractivity contribution < 1.29 is 8.78 Å². The van der Waals surface area contributed by atoms with E-state index in [4.69, 9.17) is 5.73 Å². The van der Waals surface area contributed by atoms with Crippen LogP contribution in [0.25, 0.3) is 0 Å². The fourth-order valence-electron chi connectivity index (χ4n) is 2.00. The molecule has 0 bridgehead atoms. The Morgan fingerprint density at radius 2 is 1.76 bits per heavy atom. The van der Waals surface area contributed by atoms with Crippen LogP contribution in [0.3, 0.4) is 0 Å². The minimum absolute atomic E-state index is 0.0818. The molecule has 1 heterocycles. The number of nitrogens with two attached hydrogens (primary N) is 1. The van der Waals surface area contributed by atoms with E-state index in [1.54, 1.807) is 0 Å². The van der Waals surface area contributed by atoms with Gasteiger partial charge in [0.25, 0.3) is 0 Å². The van der Waals surface area contributed by atoms with E-state index in [1.165, 1.54) is 36.7 Å². The summed E-state index contributed by atoms with van der Waals surface area (Å²) in [6.45, 7) is 3.09. The molecule has 1 aliphatic heterocycles. The second kappa shape index (κ2) is 5.69. The number of anilines is 1. The summed E-state index contributed by atoms with van der Waals surface area (Å²) in [5.41, 5.74) is 5.49. The van der Waals surface area contributed by atoms with Crippen molar-refractivity contribution in [2.24, 2.45) is 0 Å². The molecule has 1 saturated heterocycles. The fourth-order valence-corrected chi connectivity index (χ4v) is 2.95. The van der Waals surface area contributed by atoms with Gasteiger partial charge in [0.05, 0.1) is 4.90 Å². The molecular formula is C12H16F2N2S. The molecule has 94 valence electrons. The van der Waals surface area contributed by atoms with Gasteiger partial charge in [0.2, 0.25) is 0 Å². The lowest BCUT2D eigenvalue weighted by Gasteiger charge is -2.14. The SMILES string of the molecule is Nc1cc(F)c(SCCN2CCCC2)c(F)c1. The molecule has 0 spiro atoms. The lowest BCUT2D eigenvalue weighted by molar-refractivity contribution is 0.362. The van der Waals surface area contributed by atoms with Crippen molar-refractivity contribution in [3.05, 3.63) is 23.8 Å². The van der Waals surface area contributed by atoms with Crippen molar-refractivity contribution in [1.82, 2.24) is 4.90 Å². The van der Waals surface area contributed by atoms with Gasteiger partial charge >= 0.3 is 0 Å². The predicted octanol–water partition coefficient (Wildman–Crippen LogP) is 2.73. The van der Waals surface area contributed by atoms with E-state index in [9.17, 15) is 8.78 Å². The fraction of sp³-hybridized carbons (Fsp3) is 0.500. The summed E-state index contributed by atoms with van der Waals surface area (Å²) in [7, 11) is 0. The van der Waals surface area contributed by atoms with Crippen LogP contribution in [0.2, 0.25) is 0 Å². The Bertz CT molecular complexity index is 369. The van der Waals surface area contributed by atoms with E-state index in [-0.39, 0.29) is 10.6 Å². The summed E-state index contributed by atoms with van der Waals surface area (Å²) >= 11 is 1.22. The molecule has 0 radical (unpaired) electrons. The Kier molecular flexibility index (Phi) is 4.23. The molecule has 0 aliphatic carbocycles. The molecule has 0 saturated carbocycles. The molecule has 2 N–H and O–H groups in total. The highest BCUT2D eigenvalue weighted by atomic mass is 32.2. The van der Waals surface area contributed by atoms with Gasteiger partial charge in [-0.2, -0.15) is 0 Å². The van der Waals surface area contributed by atoms with Crippen LogP contribution >= 0.6 is 11.8 Å². The Morgan fingerprint density at radius 3 is 2.35 bits per heavy atom. The summed E-state index contributed by atoms with van der Waals surface area (Å²) in [5.74, 6) is -0.416. The average Bonchev–Trinajstić information content (AvgIpc) is 2.74. The first-order valence-corrected chi connectivity index (χ1v) is 6.75. The number of nitrogen functional groups attached to an aromatic ring is 1. The number of benzene rings is 1. The zero-order valence-electron chi connectivity index (χ0n) is 9.59. The summed E-state index contributed by atoms with van der Waals surface area (Å²) in [6, 6.07) is 2.34. The van der Waals surface area contributed by atoms with Crippen LogP contribution in [0.4, 0.5) is 14.5 Å². The van der Waals surface area contributed by atoms with Crippen LogP contribution < -0.4 is 5.73 Å². The summed E-state index contributed by atoms with van der Waals surface area (Å²) in [6.07, 6.45) is 2.46. The highest BCUT2D eigenvalue weighted by Gasteiger charge is 2.14. The van der Waals surface area contributed by atoms with Crippen molar-refractivity contribution in [2.45, 2.75) is 17.7 Å². The molecule has 1 aliphatic rings. The molecule has 1 aromatic carbocycles. The molecule has 0 aromatic heterocycles. The first-order valence-electron chi connectivity index (χ1n) is 5.76. The molecule has 0 unspecified atom stereocenters. The van der Waals surface area contributed by atoms with E-state index in [0.717, 1.165) is 19.6 Å². The molecule has 5 heteroatoms. The molecular weight excluding hydrogens is 242 g/mol. The molecule has 17 heavy (non-hydrogen) atoms. The number of thioether (sulfide) groups is 1. The highest BCUT2D eigenvalue weighted by molar-refractivity contribution is 7.99. The Morgan fingerprint density at radius 1 is 1.18 bits per heavy atom. The smallest absolute Gasteiger partial charge is 0.141 e. The zero-order chi connectivity index (χ0) is 12.3. The van der Waals surface area contributed by atoms with E-state index >= 15 is 0 Å². The van der Waals surface area contributed by atoms with Gasteiger partial charge < -0.3 is 10.6 Å². The lowest BCUT2D eigenvalue weighted by atomic mass is 10.3. The normalized spacial score (nSPS) is 16.6. The van der Waals surface area contributed by atoms with Gasteiger partial charge in [-0.25, -0.2) is 8.78 Å². The number of nitrogens with zero attached hydrogens (tertiary/aromatic N) is 1. The minimum atomic E-state index is -0.561. The van der Waals surface area contributed by atoms with Crippen molar-refractivity contribution in [3.8, 4) is 0 Å². The van der Waals surface area contributed by atoms with Crippen molar-refractivity contribution >= 4 is 17.4 Å². The number of rotatable bonds is 4. The maximum Gasteiger partial charge on any atom is 0.141 e. The monoisotopic (exact) mass is 258 g/mol. The number of hydrogen-bond donors (Lipinski definition) is 1. The Balaban J connectivity index is 1.89. The summed E-state index contributed by atoms with van der Waals surface area (Å²) < 4.78 is 26.9. The van der Waals surface area contributed by atoms with Gasteiger partial charge in [-0.3, -0.25) is 0 Å². The average molecular weight is 258 g/mol. The van der Waals surface area contributed by atoms with Gasteiger partial charge in [-0.1, -0.05) is 0 Å². The third-order valence-corrected chi connectivity index (χ3v) is 3.94. The van der Waals surface area contributed by atoms with Crippen LogP contribution in [0.1, 0.15) is 12.8 Å². The van der Waals surface area contributed by atoms with Gasteiger partial charge in [0.1, 0.15) is 11.6 Å². The maximum absolute atomic E-state index is 13.5. The molecule has 2 rings (SSSR count). The lowest BCUT2D eigenvalue weighted by Crippen LogP contribution is -2.21. The molecule has 0 atom stereocenters. The second-order valence-corrected chi connectivity index (χ2v) is 5.32. The number of likely N-dealkylation sites (tertiary alicyclic amines) is 1. The van der Waals surface area contributed by atoms with E-state index in [1.807, 2.05) is 0 Å². The summed E-state index contributed by atoms with van der Waals surface area (Å²) in [5, 5.41) is 0. The van der Waals surface area contributed by atoms with E-state index in [2.05, 4.69) is 4.90 Å². The van der Waals surface area contributed by atoms with Crippen molar-refractivity contribution in [2.75, 3.05) is 31.1 Å². The first kappa shape index (κ1) is 12.6.